The largest absolute Gasteiger partial charge is 0.342 e. The number of rotatable bonds is 6. The highest BCUT2D eigenvalue weighted by Crippen LogP contribution is 2.63. The second-order valence-electron chi connectivity index (χ2n) is 9.09. The zero-order valence-electron chi connectivity index (χ0n) is 16.3. The first kappa shape index (κ1) is 18.0. The van der Waals surface area contributed by atoms with Crippen LogP contribution in [0.25, 0.3) is 0 Å². The number of carbonyl (C=O) groups excluding carboxylic acids is 1. The van der Waals surface area contributed by atoms with E-state index in [0.29, 0.717) is 23.2 Å². The van der Waals surface area contributed by atoms with Crippen molar-refractivity contribution >= 4 is 5.91 Å². The molecule has 1 heterocycles. The Labute approximate surface area is 158 Å². The fourth-order valence-electron chi connectivity index (χ4n) is 5.31. The molecule has 1 amide bonds. The summed E-state index contributed by atoms with van der Waals surface area (Å²) >= 11 is 0. The molecule has 2 saturated carbocycles. The molecule has 3 nitrogen and oxygen atoms in total. The van der Waals surface area contributed by atoms with Crippen LogP contribution in [0.1, 0.15) is 50.5 Å². The number of nitrogens with zero attached hydrogens (tertiary/aromatic N) is 2. The number of benzene rings is 1. The average Bonchev–Trinajstić information content (AvgIpc) is 3.16. The Morgan fingerprint density at radius 2 is 1.85 bits per heavy atom. The number of hydrogen-bond donors (Lipinski definition) is 0. The van der Waals surface area contributed by atoms with Crippen LogP contribution < -0.4 is 0 Å². The molecule has 3 heteroatoms. The van der Waals surface area contributed by atoms with Crippen LogP contribution in [0.2, 0.25) is 0 Å². The van der Waals surface area contributed by atoms with Gasteiger partial charge in [-0.3, -0.25) is 4.79 Å². The molecule has 1 aromatic carbocycles. The molecule has 0 N–H and O–H groups in total. The van der Waals surface area contributed by atoms with Crippen LogP contribution in [-0.4, -0.2) is 48.9 Å². The topological polar surface area (TPSA) is 23.6 Å². The number of amides is 1. The third-order valence-electron chi connectivity index (χ3n) is 7.23. The SMILES string of the molecule is CN1CCC(CN(CCc2ccccc2)C(=O)[C@H]2CC23CCCC3)CC1. The van der Waals surface area contributed by atoms with E-state index in [9.17, 15) is 4.79 Å². The lowest BCUT2D eigenvalue weighted by atomic mass is 9.95. The van der Waals surface area contributed by atoms with E-state index in [-0.39, 0.29) is 0 Å². The Morgan fingerprint density at radius 3 is 2.54 bits per heavy atom. The quantitative estimate of drug-likeness (QED) is 0.771. The normalized spacial score (nSPS) is 25.5. The highest BCUT2D eigenvalue weighted by atomic mass is 16.2. The maximum atomic E-state index is 13.3. The first-order valence-electron chi connectivity index (χ1n) is 10.7. The summed E-state index contributed by atoms with van der Waals surface area (Å²) in [5.41, 5.74) is 1.76. The Morgan fingerprint density at radius 1 is 1.15 bits per heavy atom. The monoisotopic (exact) mass is 354 g/mol. The van der Waals surface area contributed by atoms with Crippen LogP contribution in [0.3, 0.4) is 0 Å². The van der Waals surface area contributed by atoms with Crippen LogP contribution in [0.5, 0.6) is 0 Å². The summed E-state index contributed by atoms with van der Waals surface area (Å²) in [6.07, 6.45) is 9.89. The van der Waals surface area contributed by atoms with E-state index in [2.05, 4.69) is 47.2 Å². The van der Waals surface area contributed by atoms with E-state index < -0.39 is 0 Å². The van der Waals surface area contributed by atoms with Crippen LogP contribution >= 0.6 is 0 Å². The van der Waals surface area contributed by atoms with Gasteiger partial charge in [-0.25, -0.2) is 0 Å². The first-order valence-corrected chi connectivity index (χ1v) is 10.7. The summed E-state index contributed by atoms with van der Waals surface area (Å²) in [5, 5.41) is 0. The molecule has 3 aliphatic rings. The van der Waals surface area contributed by atoms with Crippen molar-refractivity contribution in [2.45, 2.75) is 51.4 Å². The molecular weight excluding hydrogens is 320 g/mol. The minimum Gasteiger partial charge on any atom is -0.342 e. The van der Waals surface area contributed by atoms with E-state index in [1.54, 1.807) is 0 Å². The molecular formula is C23H34N2O. The summed E-state index contributed by atoms with van der Waals surface area (Å²) in [6, 6.07) is 10.7. The second kappa shape index (κ2) is 7.72. The van der Waals surface area contributed by atoms with Gasteiger partial charge in [-0.1, -0.05) is 43.2 Å². The molecule has 142 valence electrons. The Kier molecular flexibility index (Phi) is 5.35. The summed E-state index contributed by atoms with van der Waals surface area (Å²) in [7, 11) is 2.21. The molecule has 1 saturated heterocycles. The molecule has 0 radical (unpaired) electrons. The van der Waals surface area contributed by atoms with Gasteiger partial charge < -0.3 is 9.80 Å². The first-order chi connectivity index (χ1) is 12.7. The van der Waals surface area contributed by atoms with Gasteiger partial charge in [0.15, 0.2) is 0 Å². The van der Waals surface area contributed by atoms with Crippen molar-refractivity contribution in [3.8, 4) is 0 Å². The Hall–Kier alpha value is -1.35. The number of hydrogen-bond acceptors (Lipinski definition) is 2. The molecule has 3 fully saturated rings. The number of piperidine rings is 1. The maximum Gasteiger partial charge on any atom is 0.226 e. The standard InChI is InChI=1S/C23H34N2O/c1-24-14-9-20(10-15-24)18-25(16-11-19-7-3-2-4-8-19)22(26)21-17-23(21)12-5-6-13-23/h2-4,7-8,20-21H,5-6,9-18H2,1H3/t21-/m1/s1. The van der Waals surface area contributed by atoms with Gasteiger partial charge in [0.2, 0.25) is 5.91 Å². The highest BCUT2D eigenvalue weighted by Gasteiger charge is 2.59. The van der Waals surface area contributed by atoms with Crippen LogP contribution in [0.4, 0.5) is 0 Å². The van der Waals surface area contributed by atoms with Crippen molar-refractivity contribution in [1.29, 1.82) is 0 Å². The van der Waals surface area contributed by atoms with Crippen LogP contribution in [0, 0.1) is 17.3 Å². The predicted octanol–water partition coefficient (Wildman–Crippen LogP) is 3.98. The van der Waals surface area contributed by atoms with Crippen molar-refractivity contribution in [1.82, 2.24) is 9.80 Å². The molecule has 2 aliphatic carbocycles. The van der Waals surface area contributed by atoms with Gasteiger partial charge in [0, 0.05) is 19.0 Å². The molecule has 1 aromatic rings. The van der Waals surface area contributed by atoms with Crippen LogP contribution in [-0.2, 0) is 11.2 Å². The molecule has 1 spiro atoms. The maximum absolute atomic E-state index is 13.3. The molecule has 0 aromatic heterocycles. The van der Waals surface area contributed by atoms with E-state index in [4.69, 9.17) is 0 Å². The van der Waals surface area contributed by atoms with E-state index in [1.165, 1.54) is 63.6 Å². The third kappa shape index (κ3) is 3.98. The fraction of sp³-hybridized carbons (Fsp3) is 0.696. The second-order valence-corrected chi connectivity index (χ2v) is 9.09. The van der Waals surface area contributed by atoms with E-state index in [1.807, 2.05) is 0 Å². The Bertz CT molecular complexity index is 600. The molecule has 1 atom stereocenters. The summed E-state index contributed by atoms with van der Waals surface area (Å²) in [4.78, 5) is 18.0. The van der Waals surface area contributed by atoms with Crippen molar-refractivity contribution in [2.75, 3.05) is 33.2 Å². The zero-order valence-corrected chi connectivity index (χ0v) is 16.3. The van der Waals surface area contributed by atoms with Gasteiger partial charge in [0.1, 0.15) is 0 Å². The Balaban J connectivity index is 1.39. The van der Waals surface area contributed by atoms with Crippen molar-refractivity contribution in [2.24, 2.45) is 17.3 Å². The summed E-state index contributed by atoms with van der Waals surface area (Å²) < 4.78 is 0. The lowest BCUT2D eigenvalue weighted by Gasteiger charge is -2.33. The summed E-state index contributed by atoms with van der Waals surface area (Å²) in [6.45, 7) is 4.23. The summed E-state index contributed by atoms with van der Waals surface area (Å²) in [5.74, 6) is 1.50. The van der Waals surface area contributed by atoms with Gasteiger partial charge in [-0.2, -0.15) is 0 Å². The lowest BCUT2D eigenvalue weighted by Crippen LogP contribution is -2.42. The number of carbonyl (C=O) groups is 1. The average molecular weight is 355 g/mol. The van der Waals surface area contributed by atoms with Gasteiger partial charge in [0.05, 0.1) is 0 Å². The van der Waals surface area contributed by atoms with E-state index >= 15 is 0 Å². The minimum atomic E-state index is 0.340. The van der Waals surface area contributed by atoms with E-state index in [0.717, 1.165) is 19.5 Å². The van der Waals surface area contributed by atoms with Gasteiger partial charge in [-0.15, -0.1) is 0 Å². The van der Waals surface area contributed by atoms with Gasteiger partial charge >= 0.3 is 0 Å². The number of likely N-dealkylation sites (tertiary alicyclic amines) is 1. The molecule has 26 heavy (non-hydrogen) atoms. The van der Waals surface area contributed by atoms with Gasteiger partial charge in [-0.05, 0) is 75.6 Å². The molecule has 0 bridgehead atoms. The molecule has 1 aliphatic heterocycles. The lowest BCUT2D eigenvalue weighted by molar-refractivity contribution is -0.134. The van der Waals surface area contributed by atoms with Crippen molar-refractivity contribution in [3.05, 3.63) is 35.9 Å². The molecule has 0 unspecified atom stereocenters. The molecule has 4 rings (SSSR count). The highest BCUT2D eigenvalue weighted by molar-refractivity contribution is 5.82. The minimum absolute atomic E-state index is 0.340. The smallest absolute Gasteiger partial charge is 0.226 e. The fourth-order valence-corrected chi connectivity index (χ4v) is 5.31. The third-order valence-corrected chi connectivity index (χ3v) is 7.23. The zero-order chi connectivity index (χ0) is 18.0. The predicted molar refractivity (Wildman–Crippen MR) is 106 cm³/mol. The van der Waals surface area contributed by atoms with Crippen LogP contribution in [0.15, 0.2) is 30.3 Å². The van der Waals surface area contributed by atoms with Crippen molar-refractivity contribution in [3.63, 3.8) is 0 Å². The van der Waals surface area contributed by atoms with Gasteiger partial charge in [0.25, 0.3) is 0 Å². The van der Waals surface area contributed by atoms with Crippen molar-refractivity contribution < 1.29 is 4.79 Å².